The number of anilines is 1. The van der Waals surface area contributed by atoms with E-state index < -0.39 is 36.5 Å². The molecule has 0 radical (unpaired) electrons. The van der Waals surface area contributed by atoms with Crippen LogP contribution in [0.5, 0.6) is 5.75 Å². The molecule has 11 heteroatoms. The van der Waals surface area contributed by atoms with Crippen LogP contribution >= 0.6 is 30.6 Å². The van der Waals surface area contributed by atoms with Crippen molar-refractivity contribution < 1.29 is 27.5 Å². The highest BCUT2D eigenvalue weighted by Crippen LogP contribution is 2.50. The van der Waals surface area contributed by atoms with Gasteiger partial charge in [-0.2, -0.15) is 0 Å². The third-order valence-corrected chi connectivity index (χ3v) is 6.90. The van der Waals surface area contributed by atoms with Gasteiger partial charge in [-0.1, -0.05) is 43.1 Å². The number of urea groups is 1. The van der Waals surface area contributed by atoms with Crippen molar-refractivity contribution in [3.05, 3.63) is 57.6 Å². The molecule has 0 unspecified atom stereocenters. The number of benzene rings is 2. The fourth-order valence-corrected chi connectivity index (χ4v) is 4.19. The van der Waals surface area contributed by atoms with Gasteiger partial charge in [-0.05, 0) is 24.3 Å². The van der Waals surface area contributed by atoms with Crippen LogP contribution in [0.15, 0.2) is 30.3 Å². The molecular formula is C18H17Cl2F2N2O4P. The number of halogens is 4. The van der Waals surface area contributed by atoms with E-state index in [9.17, 15) is 22.9 Å². The fourth-order valence-electron chi connectivity index (χ4n) is 2.28. The van der Waals surface area contributed by atoms with Gasteiger partial charge in [0.15, 0.2) is 5.75 Å². The van der Waals surface area contributed by atoms with Crippen LogP contribution in [-0.4, -0.2) is 24.3 Å². The first-order chi connectivity index (χ1) is 13.6. The Bertz CT molecular complexity index is 953. The summed E-state index contributed by atoms with van der Waals surface area (Å²) in [6, 6.07) is 4.34. The molecule has 6 nitrogen and oxygen atoms in total. The quantitative estimate of drug-likeness (QED) is 0.518. The molecule has 2 N–H and O–H groups in total. The SMILES string of the molecule is CCP(=O)(CC)Oc1c(Cl)cc(NC(=O)NC(=O)c2c(F)cccc2F)cc1Cl. The molecule has 29 heavy (non-hydrogen) atoms. The topological polar surface area (TPSA) is 84.5 Å². The molecule has 0 bridgehead atoms. The zero-order chi connectivity index (χ0) is 21.8. The van der Waals surface area contributed by atoms with Gasteiger partial charge in [0, 0.05) is 18.0 Å². The standard InChI is InChI=1S/C18H17Cl2F2N2O4P/c1-3-29(27,4-2)28-16-11(19)8-10(9-12(16)20)23-18(26)24-17(25)15-13(21)6-5-7-14(15)22/h5-9H,3-4H2,1-2H3,(H2,23,24,25,26). The smallest absolute Gasteiger partial charge is 0.326 e. The van der Waals surface area contributed by atoms with E-state index in [1.165, 1.54) is 12.1 Å². The lowest BCUT2D eigenvalue weighted by Gasteiger charge is -2.19. The summed E-state index contributed by atoms with van der Waals surface area (Å²) in [5.74, 6) is -3.48. The van der Waals surface area contributed by atoms with Crippen molar-refractivity contribution in [2.24, 2.45) is 0 Å². The Morgan fingerprint density at radius 2 is 1.59 bits per heavy atom. The Morgan fingerprint density at radius 1 is 1.07 bits per heavy atom. The van der Waals surface area contributed by atoms with Crippen molar-refractivity contribution >= 4 is 48.2 Å². The molecule has 0 aliphatic carbocycles. The summed E-state index contributed by atoms with van der Waals surface area (Å²) in [4.78, 5) is 23.9. The lowest BCUT2D eigenvalue weighted by atomic mass is 10.2. The molecular weight excluding hydrogens is 448 g/mol. The largest absolute Gasteiger partial charge is 0.440 e. The molecule has 2 aromatic carbocycles. The summed E-state index contributed by atoms with van der Waals surface area (Å²) in [5, 5.41) is 4.05. The maximum absolute atomic E-state index is 13.6. The zero-order valence-corrected chi connectivity index (χ0v) is 17.8. The lowest BCUT2D eigenvalue weighted by Crippen LogP contribution is -2.35. The first kappa shape index (κ1) is 23.1. The van der Waals surface area contributed by atoms with Crippen LogP contribution in [-0.2, 0) is 4.57 Å². The second kappa shape index (κ2) is 9.57. The molecule has 0 heterocycles. The second-order valence-electron chi connectivity index (χ2n) is 5.81. The van der Waals surface area contributed by atoms with Crippen LogP contribution in [0.4, 0.5) is 19.3 Å². The van der Waals surface area contributed by atoms with Gasteiger partial charge in [-0.3, -0.25) is 14.7 Å². The summed E-state index contributed by atoms with van der Waals surface area (Å²) in [7, 11) is -2.95. The van der Waals surface area contributed by atoms with E-state index in [0.717, 1.165) is 18.2 Å². The van der Waals surface area contributed by atoms with Crippen molar-refractivity contribution in [2.45, 2.75) is 13.8 Å². The number of carbonyl (C=O) groups is 2. The number of hydrogen-bond acceptors (Lipinski definition) is 4. The molecule has 0 atom stereocenters. The van der Waals surface area contributed by atoms with Crippen LogP contribution in [0.25, 0.3) is 0 Å². The van der Waals surface area contributed by atoms with Crippen molar-refractivity contribution in [2.75, 3.05) is 17.6 Å². The van der Waals surface area contributed by atoms with Crippen LogP contribution in [0.1, 0.15) is 24.2 Å². The zero-order valence-electron chi connectivity index (χ0n) is 15.4. The van der Waals surface area contributed by atoms with E-state index in [1.54, 1.807) is 19.2 Å². The Morgan fingerprint density at radius 3 is 2.07 bits per heavy atom. The third kappa shape index (κ3) is 5.69. The molecule has 0 fully saturated rings. The van der Waals surface area contributed by atoms with E-state index in [2.05, 4.69) is 5.32 Å². The molecule has 0 aromatic heterocycles. The summed E-state index contributed by atoms with van der Waals surface area (Å²) in [6.07, 6.45) is 0.570. The molecule has 0 saturated carbocycles. The molecule has 0 spiro atoms. The first-order valence-electron chi connectivity index (χ1n) is 8.43. The lowest BCUT2D eigenvalue weighted by molar-refractivity contribution is 0.0959. The van der Waals surface area contributed by atoms with E-state index in [4.69, 9.17) is 27.7 Å². The number of nitrogens with one attached hydrogen (secondary N) is 2. The number of hydrogen-bond donors (Lipinski definition) is 2. The summed E-state index contributed by atoms with van der Waals surface area (Å²) < 4.78 is 45.2. The van der Waals surface area contributed by atoms with E-state index in [-0.39, 0.29) is 33.8 Å². The molecule has 3 amide bonds. The predicted octanol–water partition coefficient (Wildman–Crippen LogP) is 5.93. The van der Waals surface area contributed by atoms with Crippen LogP contribution in [0, 0.1) is 11.6 Å². The number of rotatable bonds is 6. The minimum atomic E-state index is -2.95. The van der Waals surface area contributed by atoms with Crippen molar-refractivity contribution in [3.8, 4) is 5.75 Å². The van der Waals surface area contributed by atoms with Crippen LogP contribution in [0.2, 0.25) is 10.0 Å². The van der Waals surface area contributed by atoms with Gasteiger partial charge in [-0.15, -0.1) is 0 Å². The Labute approximate surface area is 176 Å². The van der Waals surface area contributed by atoms with Gasteiger partial charge in [0.05, 0.1) is 10.0 Å². The highest BCUT2D eigenvalue weighted by molar-refractivity contribution is 7.59. The van der Waals surface area contributed by atoms with E-state index >= 15 is 0 Å². The van der Waals surface area contributed by atoms with Gasteiger partial charge < -0.3 is 9.84 Å². The van der Waals surface area contributed by atoms with Gasteiger partial charge in [0.2, 0.25) is 7.37 Å². The molecule has 2 aromatic rings. The maximum atomic E-state index is 13.6. The second-order valence-corrected chi connectivity index (χ2v) is 9.70. The van der Waals surface area contributed by atoms with E-state index in [0.29, 0.717) is 0 Å². The average Bonchev–Trinajstić information content (AvgIpc) is 2.64. The number of amides is 3. The normalized spacial score (nSPS) is 11.1. The molecule has 0 aliphatic rings. The van der Waals surface area contributed by atoms with Gasteiger partial charge in [-0.25, -0.2) is 13.6 Å². The molecule has 0 aliphatic heterocycles. The molecule has 2 rings (SSSR count). The van der Waals surface area contributed by atoms with Gasteiger partial charge in [0.1, 0.15) is 17.2 Å². The Balaban J connectivity index is 2.15. The Kier molecular flexibility index (Phi) is 7.63. The minimum absolute atomic E-state index is 0.0100. The van der Waals surface area contributed by atoms with Crippen molar-refractivity contribution in [1.82, 2.24) is 5.32 Å². The monoisotopic (exact) mass is 464 g/mol. The number of imide groups is 1. The summed E-state index contributed by atoms with van der Waals surface area (Å²) in [6.45, 7) is 3.42. The number of carbonyl (C=O) groups excluding carboxylic acids is 2. The highest BCUT2D eigenvalue weighted by Gasteiger charge is 2.24. The predicted molar refractivity (Wildman–Crippen MR) is 109 cm³/mol. The summed E-state index contributed by atoms with van der Waals surface area (Å²) in [5.41, 5.74) is -0.813. The van der Waals surface area contributed by atoms with Crippen LogP contribution < -0.4 is 15.2 Å². The highest BCUT2D eigenvalue weighted by atomic mass is 35.5. The van der Waals surface area contributed by atoms with Crippen molar-refractivity contribution in [3.63, 3.8) is 0 Å². The van der Waals surface area contributed by atoms with Crippen molar-refractivity contribution in [1.29, 1.82) is 0 Å². The average molecular weight is 465 g/mol. The molecule has 0 saturated heterocycles. The molecule has 156 valence electrons. The fraction of sp³-hybridized carbons (Fsp3) is 0.222. The van der Waals surface area contributed by atoms with Crippen LogP contribution in [0.3, 0.4) is 0 Å². The maximum Gasteiger partial charge on any atom is 0.326 e. The third-order valence-electron chi connectivity index (χ3n) is 3.89. The minimum Gasteiger partial charge on any atom is -0.440 e. The van der Waals surface area contributed by atoms with Gasteiger partial charge >= 0.3 is 6.03 Å². The first-order valence-corrected chi connectivity index (χ1v) is 11.2. The Hall–Kier alpha value is -2.15. The van der Waals surface area contributed by atoms with Gasteiger partial charge in [0.25, 0.3) is 5.91 Å². The van der Waals surface area contributed by atoms with E-state index in [1.807, 2.05) is 0 Å². The summed E-state index contributed by atoms with van der Waals surface area (Å²) >= 11 is 12.2.